The quantitative estimate of drug-likeness (QED) is 0.717. The molecule has 1 saturated carbocycles. The van der Waals surface area contributed by atoms with Gasteiger partial charge in [0.1, 0.15) is 12.0 Å². The molecule has 2 N–H and O–H groups in total. The Bertz CT molecular complexity index is 474. The minimum Gasteiger partial charge on any atom is -0.366 e. The summed E-state index contributed by atoms with van der Waals surface area (Å²) < 4.78 is 0. The lowest BCUT2D eigenvalue weighted by Crippen LogP contribution is -2.44. The SMILES string of the molecule is CN1CCCN(C2=C3C=CNC3N=CN2)CC12CC2. The molecular weight excluding hydrogens is 238 g/mol. The Hall–Kier alpha value is -1.49. The third kappa shape index (κ3) is 1.75. The zero-order valence-corrected chi connectivity index (χ0v) is 11.4. The zero-order chi connectivity index (χ0) is 12.9. The van der Waals surface area contributed by atoms with Gasteiger partial charge in [0, 0.05) is 30.7 Å². The number of likely N-dealkylation sites (N-methyl/N-ethyl adjacent to an activating group) is 1. The lowest BCUT2D eigenvalue weighted by molar-refractivity contribution is 0.204. The van der Waals surface area contributed by atoms with Crippen LogP contribution in [0.2, 0.25) is 0 Å². The summed E-state index contributed by atoms with van der Waals surface area (Å²) in [4.78, 5) is 9.52. The largest absolute Gasteiger partial charge is 0.366 e. The number of nitrogens with zero attached hydrogens (tertiary/aromatic N) is 3. The minimum absolute atomic E-state index is 0.118. The van der Waals surface area contributed by atoms with Gasteiger partial charge in [-0.2, -0.15) is 0 Å². The average molecular weight is 259 g/mol. The van der Waals surface area contributed by atoms with E-state index in [0.717, 1.165) is 13.1 Å². The molecule has 19 heavy (non-hydrogen) atoms. The van der Waals surface area contributed by atoms with Crippen LogP contribution < -0.4 is 10.6 Å². The Morgan fingerprint density at radius 3 is 3.11 bits per heavy atom. The predicted octanol–water partition coefficient (Wildman–Crippen LogP) is 0.443. The summed E-state index contributed by atoms with van der Waals surface area (Å²) in [6.45, 7) is 3.49. The summed E-state index contributed by atoms with van der Waals surface area (Å²) in [5.41, 5.74) is 1.72. The van der Waals surface area contributed by atoms with Crippen molar-refractivity contribution >= 4 is 6.34 Å². The van der Waals surface area contributed by atoms with E-state index >= 15 is 0 Å². The Labute approximate surface area is 114 Å². The summed E-state index contributed by atoms with van der Waals surface area (Å²) in [7, 11) is 2.28. The molecule has 4 aliphatic rings. The van der Waals surface area contributed by atoms with Crippen molar-refractivity contribution in [2.24, 2.45) is 4.99 Å². The highest BCUT2D eigenvalue weighted by molar-refractivity contribution is 5.62. The minimum atomic E-state index is 0.118. The first kappa shape index (κ1) is 11.3. The van der Waals surface area contributed by atoms with Crippen LogP contribution in [-0.4, -0.2) is 54.5 Å². The highest BCUT2D eigenvalue weighted by Crippen LogP contribution is 2.43. The van der Waals surface area contributed by atoms with Crippen molar-refractivity contribution in [2.75, 3.05) is 26.7 Å². The lowest BCUT2D eigenvalue weighted by Gasteiger charge is -2.33. The average Bonchev–Trinajstić information content (AvgIpc) is 3.09. The Morgan fingerprint density at radius 1 is 1.37 bits per heavy atom. The molecule has 0 bridgehead atoms. The monoisotopic (exact) mass is 259 g/mol. The third-order valence-electron chi connectivity index (χ3n) is 4.87. The van der Waals surface area contributed by atoms with Crippen LogP contribution in [0.4, 0.5) is 0 Å². The van der Waals surface area contributed by atoms with E-state index in [9.17, 15) is 0 Å². The maximum Gasteiger partial charge on any atom is 0.149 e. The molecule has 4 rings (SSSR count). The molecule has 1 atom stereocenters. The molecule has 0 aromatic rings. The van der Waals surface area contributed by atoms with Crippen LogP contribution in [0, 0.1) is 0 Å². The molecule has 1 saturated heterocycles. The van der Waals surface area contributed by atoms with Crippen molar-refractivity contribution < 1.29 is 0 Å². The van der Waals surface area contributed by atoms with Gasteiger partial charge in [0.2, 0.25) is 0 Å². The van der Waals surface area contributed by atoms with Crippen molar-refractivity contribution in [1.29, 1.82) is 0 Å². The summed E-state index contributed by atoms with van der Waals surface area (Å²) >= 11 is 0. The van der Waals surface area contributed by atoms with Gasteiger partial charge in [0.25, 0.3) is 0 Å². The number of hydrogen-bond donors (Lipinski definition) is 2. The number of aliphatic imine (C=N–C) groups is 1. The van der Waals surface area contributed by atoms with Gasteiger partial charge in [-0.15, -0.1) is 0 Å². The number of hydrogen-bond acceptors (Lipinski definition) is 5. The topological polar surface area (TPSA) is 42.9 Å². The van der Waals surface area contributed by atoms with Gasteiger partial charge < -0.3 is 15.5 Å². The van der Waals surface area contributed by atoms with E-state index in [0.29, 0.717) is 5.54 Å². The molecule has 0 amide bonds. The van der Waals surface area contributed by atoms with Gasteiger partial charge in [0.05, 0.1) is 6.34 Å². The van der Waals surface area contributed by atoms with Crippen molar-refractivity contribution in [3.8, 4) is 0 Å². The van der Waals surface area contributed by atoms with E-state index in [4.69, 9.17) is 0 Å². The third-order valence-corrected chi connectivity index (χ3v) is 4.87. The van der Waals surface area contributed by atoms with E-state index in [1.165, 1.54) is 37.2 Å². The first-order valence-electron chi connectivity index (χ1n) is 7.20. The van der Waals surface area contributed by atoms with Crippen molar-refractivity contribution in [2.45, 2.75) is 31.0 Å². The number of rotatable bonds is 1. The fourth-order valence-corrected chi connectivity index (χ4v) is 3.44. The predicted molar refractivity (Wildman–Crippen MR) is 75.5 cm³/mol. The van der Waals surface area contributed by atoms with Crippen LogP contribution >= 0.6 is 0 Å². The van der Waals surface area contributed by atoms with Crippen LogP contribution in [0.5, 0.6) is 0 Å². The van der Waals surface area contributed by atoms with Crippen LogP contribution in [0.3, 0.4) is 0 Å². The smallest absolute Gasteiger partial charge is 0.149 e. The fourth-order valence-electron chi connectivity index (χ4n) is 3.44. The highest BCUT2D eigenvalue weighted by atomic mass is 15.3. The molecule has 3 heterocycles. The molecule has 1 spiro atoms. The number of nitrogens with one attached hydrogen (secondary N) is 2. The summed E-state index contributed by atoms with van der Waals surface area (Å²) in [5.74, 6) is 1.25. The van der Waals surface area contributed by atoms with Crippen molar-refractivity contribution in [3.05, 3.63) is 23.7 Å². The van der Waals surface area contributed by atoms with E-state index in [2.05, 4.69) is 38.5 Å². The van der Waals surface area contributed by atoms with Crippen molar-refractivity contribution in [3.63, 3.8) is 0 Å². The maximum atomic E-state index is 4.42. The number of fused-ring (bicyclic) bond motifs is 1. The van der Waals surface area contributed by atoms with E-state index in [-0.39, 0.29) is 6.17 Å². The fraction of sp³-hybridized carbons (Fsp3) is 0.643. The molecule has 1 aliphatic carbocycles. The first-order valence-corrected chi connectivity index (χ1v) is 7.20. The Kier molecular flexibility index (Phi) is 2.39. The second-order valence-electron chi connectivity index (χ2n) is 6.05. The van der Waals surface area contributed by atoms with Gasteiger partial charge in [-0.05, 0) is 38.6 Å². The Morgan fingerprint density at radius 2 is 2.26 bits per heavy atom. The molecule has 3 aliphatic heterocycles. The molecular formula is C14H21N5. The van der Waals surface area contributed by atoms with Gasteiger partial charge >= 0.3 is 0 Å². The summed E-state index contributed by atoms with van der Waals surface area (Å²) in [6.07, 6.45) is 10.0. The molecule has 1 unspecified atom stereocenters. The Balaban J connectivity index is 1.63. The van der Waals surface area contributed by atoms with Gasteiger partial charge in [-0.3, -0.25) is 4.90 Å². The molecule has 0 aromatic carbocycles. The summed E-state index contributed by atoms with van der Waals surface area (Å²) in [6, 6.07) is 0. The van der Waals surface area contributed by atoms with Crippen LogP contribution in [0.15, 0.2) is 28.7 Å². The van der Waals surface area contributed by atoms with Gasteiger partial charge in [-0.1, -0.05) is 0 Å². The van der Waals surface area contributed by atoms with Crippen LogP contribution in [-0.2, 0) is 0 Å². The van der Waals surface area contributed by atoms with E-state index in [1.54, 1.807) is 0 Å². The van der Waals surface area contributed by atoms with Gasteiger partial charge in [-0.25, -0.2) is 4.99 Å². The standard InChI is InChI=1S/C14H21N5/c1-18-7-2-8-19(9-14(18)4-5-14)13-11-3-6-15-12(11)16-10-17-13/h3,6,10,12,15H,2,4-5,7-9H2,1H3,(H,16,17). The van der Waals surface area contributed by atoms with Crippen LogP contribution in [0.1, 0.15) is 19.3 Å². The zero-order valence-electron chi connectivity index (χ0n) is 11.4. The van der Waals surface area contributed by atoms with Crippen LogP contribution in [0.25, 0.3) is 0 Å². The van der Waals surface area contributed by atoms with E-state index in [1.807, 2.05) is 12.5 Å². The molecule has 0 aromatic heterocycles. The maximum absolute atomic E-state index is 4.42. The second-order valence-corrected chi connectivity index (χ2v) is 6.05. The molecule has 2 fully saturated rings. The molecule has 0 radical (unpaired) electrons. The van der Waals surface area contributed by atoms with Gasteiger partial charge in [0.15, 0.2) is 0 Å². The summed E-state index contributed by atoms with van der Waals surface area (Å²) in [5, 5.41) is 6.65. The molecule has 102 valence electrons. The van der Waals surface area contributed by atoms with E-state index < -0.39 is 0 Å². The molecule has 5 nitrogen and oxygen atoms in total. The lowest BCUT2D eigenvalue weighted by atomic mass is 10.1. The molecule has 5 heteroatoms. The van der Waals surface area contributed by atoms with Crippen molar-refractivity contribution in [1.82, 2.24) is 20.4 Å². The second kappa shape index (κ2) is 4.00. The normalized spacial score (nSPS) is 32.1. The first-order chi connectivity index (χ1) is 9.28. The highest BCUT2D eigenvalue weighted by Gasteiger charge is 2.49.